The quantitative estimate of drug-likeness (QED) is 0.807. The van der Waals surface area contributed by atoms with Crippen molar-refractivity contribution in [2.45, 2.75) is 24.7 Å². The summed E-state index contributed by atoms with van der Waals surface area (Å²) in [7, 11) is -3.93. The first-order chi connectivity index (χ1) is 11.8. The smallest absolute Gasteiger partial charge is 0.261 e. The first-order valence-corrected chi connectivity index (χ1v) is 9.94. The number of nitrogens with zero attached hydrogens (tertiary/aromatic N) is 1. The minimum atomic E-state index is -3.93. The second-order valence-corrected chi connectivity index (χ2v) is 8.42. The summed E-state index contributed by atoms with van der Waals surface area (Å²) in [4.78, 5) is 13.5. The van der Waals surface area contributed by atoms with Crippen LogP contribution in [0.4, 0.5) is 15.8 Å². The molecule has 1 saturated heterocycles. The molecule has 0 bridgehead atoms. The molecule has 2 aromatic carbocycles. The van der Waals surface area contributed by atoms with Gasteiger partial charge in [-0.2, -0.15) is 0 Å². The number of anilines is 2. The van der Waals surface area contributed by atoms with E-state index in [1.165, 1.54) is 24.3 Å². The standard InChI is InChI=1S/C17H16BrFN2O3S/c1-11-9-13(5-7-16(11)21-8-2-3-17(21)22)25(23,24)20-15-6-4-12(18)10-14(15)19/h4-7,9-10,20H,2-3,8H2,1H3. The van der Waals surface area contributed by atoms with Gasteiger partial charge in [-0.15, -0.1) is 0 Å². The molecule has 0 spiro atoms. The highest BCUT2D eigenvalue weighted by atomic mass is 79.9. The Hall–Kier alpha value is -1.93. The summed E-state index contributed by atoms with van der Waals surface area (Å²) in [5, 5.41) is 0. The minimum Gasteiger partial charge on any atom is -0.312 e. The molecule has 1 amide bonds. The molecule has 8 heteroatoms. The number of rotatable bonds is 4. The molecule has 2 aromatic rings. The van der Waals surface area contributed by atoms with Crippen LogP contribution in [0.3, 0.4) is 0 Å². The van der Waals surface area contributed by atoms with Crippen LogP contribution < -0.4 is 9.62 Å². The predicted molar refractivity (Wildman–Crippen MR) is 97.7 cm³/mol. The number of halogens is 2. The number of carbonyl (C=O) groups is 1. The molecule has 1 aliphatic rings. The van der Waals surface area contributed by atoms with Crippen molar-refractivity contribution in [2.75, 3.05) is 16.2 Å². The molecule has 5 nitrogen and oxygen atoms in total. The van der Waals surface area contributed by atoms with Gasteiger partial charge in [0.2, 0.25) is 5.91 Å². The average molecular weight is 427 g/mol. The Labute approximate surface area is 154 Å². The SMILES string of the molecule is Cc1cc(S(=O)(=O)Nc2ccc(Br)cc2F)ccc1N1CCCC1=O. The Morgan fingerprint density at radius 1 is 1.20 bits per heavy atom. The lowest BCUT2D eigenvalue weighted by molar-refractivity contribution is -0.117. The van der Waals surface area contributed by atoms with Crippen LogP contribution in [0, 0.1) is 12.7 Å². The molecule has 1 aliphatic heterocycles. The Morgan fingerprint density at radius 2 is 1.96 bits per heavy atom. The Balaban J connectivity index is 1.90. The molecule has 0 saturated carbocycles. The number of hydrogen-bond donors (Lipinski definition) is 1. The number of benzene rings is 2. The minimum absolute atomic E-state index is 0.0164. The van der Waals surface area contributed by atoms with Gasteiger partial charge in [0, 0.05) is 23.1 Å². The molecule has 0 atom stereocenters. The van der Waals surface area contributed by atoms with E-state index in [4.69, 9.17) is 0 Å². The highest BCUT2D eigenvalue weighted by molar-refractivity contribution is 9.10. The normalized spacial score (nSPS) is 14.8. The van der Waals surface area contributed by atoms with Gasteiger partial charge in [-0.05, 0) is 55.3 Å². The van der Waals surface area contributed by atoms with Crippen LogP contribution in [0.15, 0.2) is 45.8 Å². The highest BCUT2D eigenvalue weighted by Crippen LogP contribution is 2.28. The maximum atomic E-state index is 13.9. The van der Waals surface area contributed by atoms with Gasteiger partial charge in [0.25, 0.3) is 10.0 Å². The number of aryl methyl sites for hydroxylation is 1. The van der Waals surface area contributed by atoms with Crippen molar-refractivity contribution in [3.05, 3.63) is 52.3 Å². The largest absolute Gasteiger partial charge is 0.312 e. The van der Waals surface area contributed by atoms with E-state index in [2.05, 4.69) is 20.7 Å². The molecule has 0 aromatic heterocycles. The number of nitrogens with one attached hydrogen (secondary N) is 1. The number of sulfonamides is 1. The number of hydrogen-bond acceptors (Lipinski definition) is 3. The van der Waals surface area contributed by atoms with Crippen molar-refractivity contribution in [1.29, 1.82) is 0 Å². The molecule has 1 fully saturated rings. The second kappa shape index (κ2) is 6.76. The van der Waals surface area contributed by atoms with E-state index in [1.807, 2.05) is 0 Å². The topological polar surface area (TPSA) is 66.5 Å². The summed E-state index contributed by atoms with van der Waals surface area (Å²) in [6, 6.07) is 8.61. The monoisotopic (exact) mass is 426 g/mol. The van der Waals surface area contributed by atoms with Crippen LogP contribution in [-0.4, -0.2) is 20.9 Å². The third kappa shape index (κ3) is 3.69. The van der Waals surface area contributed by atoms with Crippen molar-refractivity contribution >= 4 is 43.2 Å². The van der Waals surface area contributed by atoms with Gasteiger partial charge in [-0.25, -0.2) is 12.8 Å². The van der Waals surface area contributed by atoms with Crippen molar-refractivity contribution in [2.24, 2.45) is 0 Å². The van der Waals surface area contributed by atoms with Crippen molar-refractivity contribution in [1.82, 2.24) is 0 Å². The van der Waals surface area contributed by atoms with Crippen LogP contribution in [0.25, 0.3) is 0 Å². The Kier molecular flexibility index (Phi) is 4.83. The molecule has 132 valence electrons. The molecule has 25 heavy (non-hydrogen) atoms. The maximum Gasteiger partial charge on any atom is 0.261 e. The summed E-state index contributed by atoms with van der Waals surface area (Å²) in [5.74, 6) is -0.636. The fraction of sp³-hybridized carbons (Fsp3) is 0.235. The summed E-state index contributed by atoms with van der Waals surface area (Å²) < 4.78 is 41.7. The lowest BCUT2D eigenvalue weighted by Crippen LogP contribution is -2.24. The van der Waals surface area contributed by atoms with Crippen molar-refractivity contribution in [3.8, 4) is 0 Å². The number of amides is 1. The summed E-state index contributed by atoms with van der Waals surface area (Å²) in [6.07, 6.45) is 1.30. The van der Waals surface area contributed by atoms with E-state index < -0.39 is 15.8 Å². The zero-order chi connectivity index (χ0) is 18.2. The predicted octanol–water partition coefficient (Wildman–Crippen LogP) is 3.82. The second-order valence-electron chi connectivity index (χ2n) is 5.83. The van der Waals surface area contributed by atoms with Crippen LogP contribution in [0.5, 0.6) is 0 Å². The summed E-state index contributed by atoms with van der Waals surface area (Å²) >= 11 is 3.13. The summed E-state index contributed by atoms with van der Waals surface area (Å²) in [5.41, 5.74) is 1.25. The molecule has 1 heterocycles. The van der Waals surface area contributed by atoms with E-state index in [-0.39, 0.29) is 16.5 Å². The molecule has 1 N–H and O–H groups in total. The zero-order valence-electron chi connectivity index (χ0n) is 13.4. The molecular formula is C17H16BrFN2O3S. The maximum absolute atomic E-state index is 13.9. The van der Waals surface area contributed by atoms with Gasteiger partial charge in [0.15, 0.2) is 0 Å². The lowest BCUT2D eigenvalue weighted by Gasteiger charge is -2.19. The van der Waals surface area contributed by atoms with Crippen LogP contribution in [0.1, 0.15) is 18.4 Å². The third-order valence-electron chi connectivity index (χ3n) is 4.02. The summed E-state index contributed by atoms with van der Waals surface area (Å²) in [6.45, 7) is 2.38. The zero-order valence-corrected chi connectivity index (χ0v) is 15.8. The molecule has 3 rings (SSSR count). The third-order valence-corrected chi connectivity index (χ3v) is 5.87. The van der Waals surface area contributed by atoms with E-state index >= 15 is 0 Å². The van der Waals surface area contributed by atoms with E-state index in [0.29, 0.717) is 28.7 Å². The van der Waals surface area contributed by atoms with Gasteiger partial charge >= 0.3 is 0 Å². The van der Waals surface area contributed by atoms with Crippen molar-refractivity contribution < 1.29 is 17.6 Å². The first-order valence-electron chi connectivity index (χ1n) is 7.67. The lowest BCUT2D eigenvalue weighted by atomic mass is 10.2. The van der Waals surface area contributed by atoms with Gasteiger partial charge in [-0.1, -0.05) is 15.9 Å². The Morgan fingerprint density at radius 3 is 2.56 bits per heavy atom. The average Bonchev–Trinajstić information content (AvgIpc) is 2.96. The van der Waals surface area contributed by atoms with Gasteiger partial charge in [0.1, 0.15) is 5.82 Å². The van der Waals surface area contributed by atoms with E-state index in [0.717, 1.165) is 6.42 Å². The van der Waals surface area contributed by atoms with E-state index in [9.17, 15) is 17.6 Å². The molecule has 0 unspecified atom stereocenters. The van der Waals surface area contributed by atoms with Gasteiger partial charge < -0.3 is 4.90 Å². The fourth-order valence-electron chi connectivity index (χ4n) is 2.78. The fourth-order valence-corrected chi connectivity index (χ4v) is 4.26. The van der Waals surface area contributed by atoms with Crippen LogP contribution in [-0.2, 0) is 14.8 Å². The van der Waals surface area contributed by atoms with Gasteiger partial charge in [-0.3, -0.25) is 9.52 Å². The van der Waals surface area contributed by atoms with Crippen LogP contribution >= 0.6 is 15.9 Å². The first kappa shape index (κ1) is 17.9. The molecular weight excluding hydrogens is 411 g/mol. The molecule has 0 aliphatic carbocycles. The molecule has 0 radical (unpaired) electrons. The van der Waals surface area contributed by atoms with E-state index in [1.54, 1.807) is 24.0 Å². The van der Waals surface area contributed by atoms with Crippen LogP contribution in [0.2, 0.25) is 0 Å². The van der Waals surface area contributed by atoms with Gasteiger partial charge in [0.05, 0.1) is 10.6 Å². The number of carbonyl (C=O) groups excluding carboxylic acids is 1. The van der Waals surface area contributed by atoms with Crippen molar-refractivity contribution in [3.63, 3.8) is 0 Å². The highest BCUT2D eigenvalue weighted by Gasteiger charge is 2.24. The Bertz CT molecular complexity index is 947.